The number of hydrogen-bond donors (Lipinski definition) is 3. The minimum Gasteiger partial charge on any atom is -0.386 e. The fraction of sp³-hybridized carbons (Fsp3) is 0.385. The topological polar surface area (TPSA) is 73.7 Å². The van der Waals surface area contributed by atoms with Crippen LogP contribution in [0.4, 0.5) is 0 Å². The highest BCUT2D eigenvalue weighted by Crippen LogP contribution is 2.20. The number of rotatable bonds is 2. The van der Waals surface area contributed by atoms with Gasteiger partial charge in [0.15, 0.2) is 5.96 Å². The number of aliphatic hydroxyl groups is 1. The number of guanidine groups is 1. The van der Waals surface area contributed by atoms with Gasteiger partial charge in [0, 0.05) is 18.7 Å². The van der Waals surface area contributed by atoms with Crippen molar-refractivity contribution in [3.05, 3.63) is 35.4 Å². The maximum Gasteiger partial charge on any atom is 0.280 e. The van der Waals surface area contributed by atoms with E-state index in [9.17, 15) is 9.90 Å². The first-order valence-electron chi connectivity index (χ1n) is 5.90. The van der Waals surface area contributed by atoms with Crippen LogP contribution < -0.4 is 10.6 Å². The van der Waals surface area contributed by atoms with E-state index in [1.54, 1.807) is 38.1 Å². The Hall–Kier alpha value is -1.88. The van der Waals surface area contributed by atoms with Crippen molar-refractivity contribution in [2.45, 2.75) is 19.4 Å². The molecule has 5 nitrogen and oxygen atoms in total. The average molecular weight is 247 g/mol. The molecule has 0 saturated carbocycles. The molecule has 1 saturated heterocycles. The summed E-state index contributed by atoms with van der Waals surface area (Å²) in [7, 11) is 0. The molecule has 0 bridgehead atoms. The predicted octanol–water partition coefficient (Wildman–Crippen LogP) is 0.603. The van der Waals surface area contributed by atoms with Crippen LogP contribution in [0.3, 0.4) is 0 Å². The highest BCUT2D eigenvalue weighted by atomic mass is 16.3. The first-order valence-corrected chi connectivity index (χ1v) is 5.90. The Balaban J connectivity index is 2.23. The lowest BCUT2D eigenvalue weighted by Gasteiger charge is -2.17. The Kier molecular flexibility index (Phi) is 3.34. The van der Waals surface area contributed by atoms with E-state index >= 15 is 0 Å². The molecule has 0 aliphatic carbocycles. The summed E-state index contributed by atoms with van der Waals surface area (Å²) in [6.07, 6.45) is 0. The van der Waals surface area contributed by atoms with E-state index in [-0.39, 0.29) is 5.91 Å². The highest BCUT2D eigenvalue weighted by Gasteiger charge is 2.17. The summed E-state index contributed by atoms with van der Waals surface area (Å²) in [4.78, 5) is 15.9. The van der Waals surface area contributed by atoms with Gasteiger partial charge in [0.25, 0.3) is 5.91 Å². The number of amides is 1. The van der Waals surface area contributed by atoms with Crippen molar-refractivity contribution in [1.29, 1.82) is 0 Å². The number of benzene rings is 1. The van der Waals surface area contributed by atoms with Gasteiger partial charge < -0.3 is 15.7 Å². The van der Waals surface area contributed by atoms with Crippen LogP contribution in [0.15, 0.2) is 29.3 Å². The third-order valence-corrected chi connectivity index (χ3v) is 2.74. The predicted molar refractivity (Wildman–Crippen MR) is 69.5 cm³/mol. The number of hydrogen-bond acceptors (Lipinski definition) is 2. The van der Waals surface area contributed by atoms with Gasteiger partial charge in [0.1, 0.15) is 0 Å². The number of nitrogens with zero attached hydrogens (tertiary/aromatic N) is 1. The molecule has 18 heavy (non-hydrogen) atoms. The number of carbonyl (C=O) groups is 1. The van der Waals surface area contributed by atoms with E-state index in [1.807, 2.05) is 0 Å². The quantitative estimate of drug-likeness (QED) is 0.715. The van der Waals surface area contributed by atoms with E-state index in [0.29, 0.717) is 17.1 Å². The molecular formula is C13H17N3O2. The zero-order valence-corrected chi connectivity index (χ0v) is 10.5. The average Bonchev–Trinajstić information content (AvgIpc) is 2.81. The monoisotopic (exact) mass is 247 g/mol. The minimum atomic E-state index is -0.965. The Morgan fingerprint density at radius 1 is 1.33 bits per heavy atom. The number of aliphatic imine (C=N–C) groups is 1. The largest absolute Gasteiger partial charge is 0.386 e. The summed E-state index contributed by atoms with van der Waals surface area (Å²) in [6.45, 7) is 4.91. The summed E-state index contributed by atoms with van der Waals surface area (Å²) in [5.41, 5.74) is 0.200. The van der Waals surface area contributed by atoms with Gasteiger partial charge in [-0.2, -0.15) is 4.99 Å². The zero-order valence-electron chi connectivity index (χ0n) is 10.5. The molecule has 0 spiro atoms. The summed E-state index contributed by atoms with van der Waals surface area (Å²) in [6, 6.07) is 6.89. The zero-order chi connectivity index (χ0) is 13.2. The van der Waals surface area contributed by atoms with Crippen LogP contribution in [0, 0.1) is 0 Å². The Morgan fingerprint density at radius 2 is 2.00 bits per heavy atom. The molecular weight excluding hydrogens is 230 g/mol. The maximum absolute atomic E-state index is 11.9. The second-order valence-corrected chi connectivity index (χ2v) is 4.76. The molecule has 2 rings (SSSR count). The van der Waals surface area contributed by atoms with Crippen LogP contribution in [0.2, 0.25) is 0 Å². The minimum absolute atomic E-state index is 0.321. The summed E-state index contributed by atoms with van der Waals surface area (Å²) in [5.74, 6) is 0.187. The molecule has 1 aromatic rings. The Bertz CT molecular complexity index is 481. The molecule has 1 aliphatic heterocycles. The second kappa shape index (κ2) is 4.78. The van der Waals surface area contributed by atoms with Crippen LogP contribution in [-0.2, 0) is 5.60 Å². The molecule has 1 heterocycles. The van der Waals surface area contributed by atoms with Crippen molar-refractivity contribution < 1.29 is 9.90 Å². The normalized spacial score (nSPS) is 14.9. The number of nitrogens with one attached hydrogen (secondary N) is 2. The summed E-state index contributed by atoms with van der Waals surface area (Å²) >= 11 is 0. The van der Waals surface area contributed by atoms with Crippen molar-refractivity contribution in [1.82, 2.24) is 10.6 Å². The van der Waals surface area contributed by atoms with E-state index in [1.165, 1.54) is 0 Å². The lowest BCUT2D eigenvalue weighted by Crippen LogP contribution is -2.25. The molecule has 0 radical (unpaired) electrons. The van der Waals surface area contributed by atoms with E-state index in [2.05, 4.69) is 15.6 Å². The van der Waals surface area contributed by atoms with E-state index < -0.39 is 5.60 Å². The third kappa shape index (κ3) is 2.87. The second-order valence-electron chi connectivity index (χ2n) is 4.76. The van der Waals surface area contributed by atoms with Gasteiger partial charge in [0.05, 0.1) is 5.60 Å². The Morgan fingerprint density at radius 3 is 2.61 bits per heavy atom. The van der Waals surface area contributed by atoms with Gasteiger partial charge in [-0.15, -0.1) is 0 Å². The van der Waals surface area contributed by atoms with Crippen LogP contribution in [0.5, 0.6) is 0 Å². The lowest BCUT2D eigenvalue weighted by atomic mass is 9.96. The molecule has 5 heteroatoms. The van der Waals surface area contributed by atoms with E-state index in [4.69, 9.17) is 0 Å². The fourth-order valence-electron chi connectivity index (χ4n) is 1.70. The van der Waals surface area contributed by atoms with Gasteiger partial charge in [-0.05, 0) is 31.5 Å². The molecule has 1 aromatic carbocycles. The van der Waals surface area contributed by atoms with Crippen LogP contribution in [0.25, 0.3) is 0 Å². The third-order valence-electron chi connectivity index (χ3n) is 2.74. The molecule has 1 amide bonds. The van der Waals surface area contributed by atoms with Gasteiger partial charge >= 0.3 is 0 Å². The van der Waals surface area contributed by atoms with Crippen LogP contribution >= 0.6 is 0 Å². The molecule has 0 aromatic heterocycles. The Labute approximate surface area is 106 Å². The molecule has 1 aliphatic rings. The van der Waals surface area contributed by atoms with Crippen molar-refractivity contribution in [2.75, 3.05) is 13.1 Å². The maximum atomic E-state index is 11.9. The fourth-order valence-corrected chi connectivity index (χ4v) is 1.70. The van der Waals surface area contributed by atoms with Gasteiger partial charge in [-0.25, -0.2) is 0 Å². The number of carbonyl (C=O) groups excluding carboxylic acids is 1. The van der Waals surface area contributed by atoms with Gasteiger partial charge in [-0.1, -0.05) is 12.1 Å². The van der Waals surface area contributed by atoms with Crippen molar-refractivity contribution in [2.24, 2.45) is 4.99 Å². The summed E-state index contributed by atoms with van der Waals surface area (Å²) in [5, 5.41) is 15.8. The first-order chi connectivity index (χ1) is 8.47. The van der Waals surface area contributed by atoms with Crippen LogP contribution in [-0.4, -0.2) is 30.1 Å². The van der Waals surface area contributed by atoms with Crippen molar-refractivity contribution >= 4 is 11.9 Å². The molecule has 1 fully saturated rings. The van der Waals surface area contributed by atoms with Crippen LogP contribution in [0.1, 0.15) is 29.8 Å². The SMILES string of the molecule is CC(C)(O)c1cccc(C(=O)N=C2NCCN2)c1. The van der Waals surface area contributed by atoms with Gasteiger partial charge in [0.2, 0.25) is 0 Å². The highest BCUT2D eigenvalue weighted by molar-refractivity contribution is 6.03. The lowest BCUT2D eigenvalue weighted by molar-refractivity contribution is 0.0785. The van der Waals surface area contributed by atoms with Crippen molar-refractivity contribution in [3.63, 3.8) is 0 Å². The van der Waals surface area contributed by atoms with E-state index in [0.717, 1.165) is 13.1 Å². The van der Waals surface area contributed by atoms with Gasteiger partial charge in [-0.3, -0.25) is 4.79 Å². The van der Waals surface area contributed by atoms with Crippen molar-refractivity contribution in [3.8, 4) is 0 Å². The molecule has 0 unspecified atom stereocenters. The standard InChI is InChI=1S/C13H17N3O2/c1-13(2,18)10-5-3-4-9(8-10)11(17)16-12-14-6-7-15-12/h3-5,8,18H,6-7H2,1-2H3,(H2,14,15,16,17). The smallest absolute Gasteiger partial charge is 0.280 e. The molecule has 0 atom stereocenters. The molecule has 3 N–H and O–H groups in total. The first kappa shape index (κ1) is 12.6. The summed E-state index contributed by atoms with van der Waals surface area (Å²) < 4.78 is 0. The molecule has 96 valence electrons.